The smallest absolute Gasteiger partial charge is 0.127 e. The van der Waals surface area contributed by atoms with Gasteiger partial charge in [0.05, 0.1) is 7.11 Å². The lowest BCUT2D eigenvalue weighted by atomic mass is 10.2. The minimum Gasteiger partial charge on any atom is -0.497 e. The zero-order valence-electron chi connectivity index (χ0n) is 12.4. The first-order valence-electron chi connectivity index (χ1n) is 7.47. The molecule has 0 N–H and O–H groups in total. The van der Waals surface area contributed by atoms with Crippen LogP contribution in [0.2, 0.25) is 0 Å². The summed E-state index contributed by atoms with van der Waals surface area (Å²) in [4.78, 5) is 2.49. The number of methoxy groups -OCH3 is 1. The number of nitrogens with zero attached hydrogens (tertiary/aromatic N) is 1. The van der Waals surface area contributed by atoms with Crippen LogP contribution in [0.5, 0.6) is 17.2 Å². The van der Waals surface area contributed by atoms with Crippen molar-refractivity contribution in [3.05, 3.63) is 54.1 Å². The Hall–Kier alpha value is -2.00. The van der Waals surface area contributed by atoms with Crippen LogP contribution in [0.4, 0.5) is 0 Å². The van der Waals surface area contributed by atoms with Gasteiger partial charge in [-0.05, 0) is 67.9 Å². The molecular formula is C18H21NO2. The monoisotopic (exact) mass is 283 g/mol. The first-order chi connectivity index (χ1) is 10.3. The Balaban J connectivity index is 1.66. The molecule has 3 heteroatoms. The van der Waals surface area contributed by atoms with E-state index in [4.69, 9.17) is 9.47 Å². The van der Waals surface area contributed by atoms with Gasteiger partial charge in [-0.1, -0.05) is 12.1 Å². The number of hydrogen-bond acceptors (Lipinski definition) is 3. The van der Waals surface area contributed by atoms with Gasteiger partial charge in [0.15, 0.2) is 0 Å². The molecule has 0 bridgehead atoms. The summed E-state index contributed by atoms with van der Waals surface area (Å²) in [5.74, 6) is 2.55. The lowest BCUT2D eigenvalue weighted by Crippen LogP contribution is -2.18. The Morgan fingerprint density at radius 1 is 0.905 bits per heavy atom. The lowest BCUT2D eigenvalue weighted by molar-refractivity contribution is 0.331. The summed E-state index contributed by atoms with van der Waals surface area (Å²) >= 11 is 0. The maximum Gasteiger partial charge on any atom is 0.127 e. The number of benzene rings is 2. The van der Waals surface area contributed by atoms with E-state index < -0.39 is 0 Å². The van der Waals surface area contributed by atoms with Crippen LogP contribution in [0.25, 0.3) is 0 Å². The fourth-order valence-corrected chi connectivity index (χ4v) is 2.69. The van der Waals surface area contributed by atoms with E-state index in [9.17, 15) is 0 Å². The maximum atomic E-state index is 5.91. The van der Waals surface area contributed by atoms with Crippen LogP contribution in [0.1, 0.15) is 18.4 Å². The zero-order chi connectivity index (χ0) is 14.5. The normalized spacial score (nSPS) is 15.1. The molecular weight excluding hydrogens is 262 g/mol. The molecule has 1 aliphatic heterocycles. The van der Waals surface area contributed by atoms with E-state index in [1.807, 2.05) is 30.3 Å². The highest BCUT2D eigenvalue weighted by molar-refractivity contribution is 5.36. The van der Waals surface area contributed by atoms with Crippen LogP contribution in [0, 0.1) is 0 Å². The first-order valence-corrected chi connectivity index (χ1v) is 7.47. The third kappa shape index (κ3) is 3.76. The molecule has 3 rings (SSSR count). The Morgan fingerprint density at radius 3 is 2.33 bits per heavy atom. The van der Waals surface area contributed by atoms with Gasteiger partial charge in [0, 0.05) is 6.54 Å². The molecule has 0 unspecified atom stereocenters. The van der Waals surface area contributed by atoms with Crippen LogP contribution in [0.3, 0.4) is 0 Å². The Bertz CT molecular complexity index is 574. The fourth-order valence-electron chi connectivity index (χ4n) is 2.69. The second-order valence-corrected chi connectivity index (χ2v) is 5.41. The van der Waals surface area contributed by atoms with Gasteiger partial charge in [0.2, 0.25) is 0 Å². The molecule has 1 aliphatic rings. The molecule has 0 spiro atoms. The highest BCUT2D eigenvalue weighted by atomic mass is 16.5. The van der Waals surface area contributed by atoms with Crippen molar-refractivity contribution in [2.75, 3.05) is 20.2 Å². The summed E-state index contributed by atoms with van der Waals surface area (Å²) in [6.45, 7) is 3.44. The Morgan fingerprint density at radius 2 is 1.62 bits per heavy atom. The van der Waals surface area contributed by atoms with Crippen molar-refractivity contribution in [3.63, 3.8) is 0 Å². The summed E-state index contributed by atoms with van der Waals surface area (Å²) in [5.41, 5.74) is 1.31. The minimum absolute atomic E-state index is 0.828. The fraction of sp³-hybridized carbons (Fsp3) is 0.333. The van der Waals surface area contributed by atoms with Gasteiger partial charge >= 0.3 is 0 Å². The lowest BCUT2D eigenvalue weighted by Gasteiger charge is -2.15. The van der Waals surface area contributed by atoms with Crippen LogP contribution < -0.4 is 9.47 Å². The van der Waals surface area contributed by atoms with Crippen molar-refractivity contribution in [1.29, 1.82) is 0 Å². The molecule has 3 nitrogen and oxygen atoms in total. The maximum absolute atomic E-state index is 5.91. The van der Waals surface area contributed by atoms with Gasteiger partial charge in [0.1, 0.15) is 17.2 Å². The molecule has 1 saturated heterocycles. The van der Waals surface area contributed by atoms with E-state index in [0.29, 0.717) is 0 Å². The second-order valence-electron chi connectivity index (χ2n) is 5.41. The van der Waals surface area contributed by atoms with Crippen molar-refractivity contribution in [3.8, 4) is 17.2 Å². The van der Waals surface area contributed by atoms with Gasteiger partial charge in [0.25, 0.3) is 0 Å². The van der Waals surface area contributed by atoms with Crippen molar-refractivity contribution >= 4 is 0 Å². The highest BCUT2D eigenvalue weighted by Crippen LogP contribution is 2.25. The average molecular weight is 283 g/mol. The van der Waals surface area contributed by atoms with Gasteiger partial charge in [-0.15, -0.1) is 0 Å². The minimum atomic E-state index is 0.828. The third-order valence-electron chi connectivity index (χ3n) is 3.80. The molecule has 1 heterocycles. The summed E-state index contributed by atoms with van der Waals surface area (Å²) < 4.78 is 11.1. The van der Waals surface area contributed by atoms with Crippen LogP contribution in [0.15, 0.2) is 48.5 Å². The quantitative estimate of drug-likeness (QED) is 0.825. The van der Waals surface area contributed by atoms with E-state index in [1.165, 1.54) is 31.5 Å². The Kier molecular flexibility index (Phi) is 4.41. The average Bonchev–Trinajstić information content (AvgIpc) is 3.01. The van der Waals surface area contributed by atoms with Gasteiger partial charge in [-0.25, -0.2) is 0 Å². The molecule has 21 heavy (non-hydrogen) atoms. The van der Waals surface area contributed by atoms with E-state index in [2.05, 4.69) is 23.1 Å². The first kappa shape index (κ1) is 14.0. The highest BCUT2D eigenvalue weighted by Gasteiger charge is 2.11. The number of ether oxygens (including phenoxy) is 2. The topological polar surface area (TPSA) is 21.7 Å². The molecule has 0 saturated carbocycles. The zero-order valence-corrected chi connectivity index (χ0v) is 12.4. The largest absolute Gasteiger partial charge is 0.497 e. The molecule has 0 radical (unpaired) electrons. The summed E-state index contributed by atoms with van der Waals surface area (Å²) in [6, 6.07) is 16.0. The van der Waals surface area contributed by atoms with Crippen molar-refractivity contribution in [1.82, 2.24) is 4.90 Å². The van der Waals surface area contributed by atoms with Crippen LogP contribution in [-0.4, -0.2) is 25.1 Å². The summed E-state index contributed by atoms with van der Waals surface area (Å²) in [5, 5.41) is 0. The molecule has 0 aromatic heterocycles. The van der Waals surface area contributed by atoms with Gasteiger partial charge in [-0.3, -0.25) is 4.90 Å². The van der Waals surface area contributed by atoms with E-state index in [0.717, 1.165) is 23.8 Å². The third-order valence-corrected chi connectivity index (χ3v) is 3.80. The molecule has 2 aromatic carbocycles. The van der Waals surface area contributed by atoms with Crippen molar-refractivity contribution < 1.29 is 9.47 Å². The van der Waals surface area contributed by atoms with E-state index in [-0.39, 0.29) is 0 Å². The summed E-state index contributed by atoms with van der Waals surface area (Å²) in [7, 11) is 1.66. The summed E-state index contributed by atoms with van der Waals surface area (Å²) in [6.07, 6.45) is 2.64. The number of rotatable bonds is 5. The predicted octanol–water partition coefficient (Wildman–Crippen LogP) is 4.08. The van der Waals surface area contributed by atoms with Crippen LogP contribution in [-0.2, 0) is 6.54 Å². The Labute approximate surface area is 126 Å². The second kappa shape index (κ2) is 6.64. The molecule has 1 fully saturated rings. The van der Waals surface area contributed by atoms with Gasteiger partial charge in [-0.2, -0.15) is 0 Å². The molecule has 0 atom stereocenters. The van der Waals surface area contributed by atoms with E-state index in [1.54, 1.807) is 7.11 Å². The molecule has 110 valence electrons. The number of likely N-dealkylation sites (tertiary alicyclic amines) is 1. The molecule has 0 amide bonds. The molecule has 2 aromatic rings. The van der Waals surface area contributed by atoms with Gasteiger partial charge < -0.3 is 9.47 Å². The standard InChI is InChI=1S/C18H21NO2/c1-20-16-7-9-17(10-8-16)21-18-6-4-5-15(13-18)14-19-11-2-3-12-19/h4-10,13H,2-3,11-12,14H2,1H3. The number of hydrogen-bond donors (Lipinski definition) is 0. The van der Waals surface area contributed by atoms with Crippen molar-refractivity contribution in [2.24, 2.45) is 0 Å². The molecule has 0 aliphatic carbocycles. The van der Waals surface area contributed by atoms with Crippen LogP contribution >= 0.6 is 0 Å². The predicted molar refractivity (Wildman–Crippen MR) is 84.0 cm³/mol. The SMILES string of the molecule is COc1ccc(Oc2cccc(CN3CCCC3)c2)cc1. The van der Waals surface area contributed by atoms with Crippen molar-refractivity contribution in [2.45, 2.75) is 19.4 Å². The van der Waals surface area contributed by atoms with E-state index >= 15 is 0 Å².